The number of nitro groups is 1. The minimum Gasteiger partial charge on any atom is -0.423 e. The van der Waals surface area contributed by atoms with Crippen LogP contribution in [0.5, 0.6) is 11.8 Å². The number of para-hydroxylation sites is 1. The average Bonchev–Trinajstić information content (AvgIpc) is 2.71. The molecule has 0 atom stereocenters. The predicted molar refractivity (Wildman–Crippen MR) is 108 cm³/mol. The van der Waals surface area contributed by atoms with E-state index in [-0.39, 0.29) is 28.0 Å². The molecule has 1 heterocycles. The first-order chi connectivity index (χ1) is 14.3. The summed E-state index contributed by atoms with van der Waals surface area (Å²) in [4.78, 5) is 42.3. The molecule has 0 fully saturated rings. The first kappa shape index (κ1) is 21.0. The van der Waals surface area contributed by atoms with Crippen LogP contribution in [0.4, 0.5) is 16.2 Å². The fourth-order valence-electron chi connectivity index (χ4n) is 2.27. The van der Waals surface area contributed by atoms with Crippen LogP contribution in [0.2, 0.25) is 10.0 Å². The van der Waals surface area contributed by atoms with Gasteiger partial charge in [-0.1, -0.05) is 35.3 Å². The summed E-state index contributed by atoms with van der Waals surface area (Å²) in [7, 11) is 0. The summed E-state index contributed by atoms with van der Waals surface area (Å²) >= 11 is 11.8. The van der Waals surface area contributed by atoms with Gasteiger partial charge in [-0.25, -0.2) is 14.8 Å². The van der Waals surface area contributed by atoms with Crippen molar-refractivity contribution in [2.24, 2.45) is 0 Å². The Morgan fingerprint density at radius 2 is 1.77 bits per heavy atom. The Hall–Kier alpha value is -3.76. The number of nitrogens with one attached hydrogen (secondary N) is 2. The smallest absolute Gasteiger partial charge is 0.326 e. The van der Waals surface area contributed by atoms with E-state index in [1.54, 1.807) is 0 Å². The molecule has 30 heavy (non-hydrogen) atoms. The van der Waals surface area contributed by atoms with Crippen LogP contribution in [0, 0.1) is 10.1 Å². The van der Waals surface area contributed by atoms with E-state index in [1.165, 1.54) is 48.8 Å². The highest BCUT2D eigenvalue weighted by atomic mass is 35.5. The Labute approximate surface area is 179 Å². The van der Waals surface area contributed by atoms with Gasteiger partial charge >= 0.3 is 12.0 Å². The Morgan fingerprint density at radius 3 is 2.43 bits per heavy atom. The maximum Gasteiger partial charge on any atom is 0.326 e. The molecular formula is C18H11Cl2N5O5. The van der Waals surface area contributed by atoms with Gasteiger partial charge in [-0.3, -0.25) is 20.2 Å². The van der Waals surface area contributed by atoms with Gasteiger partial charge in [0.25, 0.3) is 11.6 Å². The van der Waals surface area contributed by atoms with E-state index < -0.39 is 22.5 Å². The lowest BCUT2D eigenvalue weighted by Gasteiger charge is -2.10. The summed E-state index contributed by atoms with van der Waals surface area (Å²) in [5.74, 6) is -0.702. The second kappa shape index (κ2) is 9.16. The summed E-state index contributed by atoms with van der Waals surface area (Å²) in [6.07, 6.45) is 2.71. The molecule has 0 radical (unpaired) electrons. The molecule has 152 valence electrons. The number of nitro benzene ring substituents is 1. The Balaban J connectivity index is 1.65. The summed E-state index contributed by atoms with van der Waals surface area (Å²) in [5.41, 5.74) is -0.420. The van der Waals surface area contributed by atoms with Crippen molar-refractivity contribution in [2.45, 2.75) is 0 Å². The van der Waals surface area contributed by atoms with Gasteiger partial charge in [0, 0.05) is 11.8 Å². The number of imide groups is 1. The number of hydrogen-bond donors (Lipinski definition) is 2. The molecular weight excluding hydrogens is 437 g/mol. The van der Waals surface area contributed by atoms with Gasteiger partial charge in [-0.2, -0.15) is 0 Å². The van der Waals surface area contributed by atoms with Crippen molar-refractivity contribution in [1.82, 2.24) is 15.3 Å². The number of anilines is 1. The largest absolute Gasteiger partial charge is 0.423 e. The van der Waals surface area contributed by atoms with Crippen molar-refractivity contribution >= 4 is 46.5 Å². The zero-order valence-corrected chi connectivity index (χ0v) is 16.3. The highest BCUT2D eigenvalue weighted by Crippen LogP contribution is 2.30. The monoisotopic (exact) mass is 447 g/mol. The van der Waals surface area contributed by atoms with E-state index in [9.17, 15) is 19.7 Å². The summed E-state index contributed by atoms with van der Waals surface area (Å²) in [5, 5.41) is 15.9. The minimum atomic E-state index is -0.925. The highest BCUT2D eigenvalue weighted by Gasteiger charge is 2.21. The van der Waals surface area contributed by atoms with Crippen LogP contribution in [0.3, 0.4) is 0 Å². The summed E-state index contributed by atoms with van der Waals surface area (Å²) in [6, 6.07) is 8.68. The predicted octanol–water partition coefficient (Wildman–Crippen LogP) is 4.45. The van der Waals surface area contributed by atoms with E-state index in [4.69, 9.17) is 27.9 Å². The lowest BCUT2D eigenvalue weighted by molar-refractivity contribution is -0.385. The number of urea groups is 1. The molecule has 0 aliphatic rings. The fraction of sp³-hybridized carbons (Fsp3) is 0. The molecule has 0 spiro atoms. The molecule has 10 nitrogen and oxygen atoms in total. The van der Waals surface area contributed by atoms with Gasteiger partial charge in [-0.15, -0.1) is 0 Å². The van der Waals surface area contributed by atoms with Gasteiger partial charge in [-0.05, 0) is 24.3 Å². The minimum absolute atomic E-state index is 0.0230. The number of amides is 3. The summed E-state index contributed by atoms with van der Waals surface area (Å²) < 4.78 is 5.42. The standard InChI is InChI=1S/C18H11Cl2N5O5/c19-10-8-21-18(22-9-10)30-15-6-5-11(7-13(15)20)23-17(27)24-16(26)12-3-1-2-4-14(12)25(28)29/h1-9H,(H2,23,24,26,27). The number of benzene rings is 2. The number of carbonyl (C=O) groups is 2. The van der Waals surface area contributed by atoms with Crippen molar-refractivity contribution in [3.63, 3.8) is 0 Å². The number of carbonyl (C=O) groups excluding carboxylic acids is 2. The maximum absolute atomic E-state index is 12.2. The molecule has 0 saturated heterocycles. The normalized spacial score (nSPS) is 10.2. The molecule has 3 aromatic rings. The first-order valence-corrected chi connectivity index (χ1v) is 8.90. The number of halogens is 2. The van der Waals surface area contributed by atoms with Crippen molar-refractivity contribution in [1.29, 1.82) is 0 Å². The van der Waals surface area contributed by atoms with Crippen molar-refractivity contribution in [3.8, 4) is 11.8 Å². The van der Waals surface area contributed by atoms with Crippen LogP contribution in [0.25, 0.3) is 0 Å². The molecule has 3 rings (SSSR count). The molecule has 2 aromatic carbocycles. The number of ether oxygens (including phenoxy) is 1. The number of nitrogens with zero attached hydrogens (tertiary/aromatic N) is 3. The van der Waals surface area contributed by atoms with Crippen LogP contribution in [0.15, 0.2) is 54.9 Å². The quantitative estimate of drug-likeness (QED) is 0.435. The lowest BCUT2D eigenvalue weighted by Crippen LogP contribution is -2.34. The molecule has 2 N–H and O–H groups in total. The van der Waals surface area contributed by atoms with Gasteiger partial charge < -0.3 is 10.1 Å². The zero-order valence-electron chi connectivity index (χ0n) is 14.8. The van der Waals surface area contributed by atoms with Gasteiger partial charge in [0.05, 0.1) is 27.4 Å². The van der Waals surface area contributed by atoms with Crippen LogP contribution < -0.4 is 15.4 Å². The fourth-order valence-corrected chi connectivity index (χ4v) is 2.59. The molecule has 0 aliphatic carbocycles. The zero-order chi connectivity index (χ0) is 21.7. The van der Waals surface area contributed by atoms with Gasteiger partial charge in [0.1, 0.15) is 11.3 Å². The van der Waals surface area contributed by atoms with E-state index >= 15 is 0 Å². The molecule has 1 aromatic heterocycles. The van der Waals surface area contributed by atoms with Crippen molar-refractivity contribution < 1.29 is 19.2 Å². The lowest BCUT2D eigenvalue weighted by atomic mass is 10.1. The molecule has 0 unspecified atom stereocenters. The first-order valence-electron chi connectivity index (χ1n) is 8.14. The van der Waals surface area contributed by atoms with Crippen LogP contribution in [-0.2, 0) is 0 Å². The number of aromatic nitrogens is 2. The highest BCUT2D eigenvalue weighted by molar-refractivity contribution is 6.32. The second-order valence-electron chi connectivity index (χ2n) is 5.61. The Kier molecular flexibility index (Phi) is 6.40. The molecule has 0 bridgehead atoms. The molecule has 0 saturated carbocycles. The third-order valence-corrected chi connectivity index (χ3v) is 4.05. The van der Waals surface area contributed by atoms with Crippen LogP contribution in [0.1, 0.15) is 10.4 Å². The average molecular weight is 448 g/mol. The third kappa shape index (κ3) is 5.19. The SMILES string of the molecule is O=C(NC(=O)c1ccccc1[N+](=O)[O-])Nc1ccc(Oc2ncc(Cl)cn2)c(Cl)c1. The van der Waals surface area contributed by atoms with E-state index in [1.807, 2.05) is 5.32 Å². The molecule has 0 aliphatic heterocycles. The summed E-state index contributed by atoms with van der Waals surface area (Å²) in [6.45, 7) is 0. The number of rotatable bonds is 5. The van der Waals surface area contributed by atoms with Crippen LogP contribution >= 0.6 is 23.2 Å². The van der Waals surface area contributed by atoms with Crippen molar-refractivity contribution in [2.75, 3.05) is 5.32 Å². The molecule has 12 heteroatoms. The Morgan fingerprint density at radius 1 is 1.07 bits per heavy atom. The van der Waals surface area contributed by atoms with Crippen molar-refractivity contribution in [3.05, 3.63) is 80.6 Å². The van der Waals surface area contributed by atoms with Gasteiger partial charge in [0.2, 0.25) is 0 Å². The van der Waals surface area contributed by atoms with E-state index in [2.05, 4.69) is 15.3 Å². The van der Waals surface area contributed by atoms with Crippen LogP contribution in [-0.4, -0.2) is 26.8 Å². The molecule has 3 amide bonds. The van der Waals surface area contributed by atoms with Gasteiger partial charge in [0.15, 0.2) is 0 Å². The topological polar surface area (TPSA) is 136 Å². The maximum atomic E-state index is 12.2. The third-order valence-electron chi connectivity index (χ3n) is 3.56. The second-order valence-corrected chi connectivity index (χ2v) is 6.46. The Bertz CT molecular complexity index is 1120. The van der Waals surface area contributed by atoms with E-state index in [0.29, 0.717) is 5.02 Å². The van der Waals surface area contributed by atoms with E-state index in [0.717, 1.165) is 6.07 Å². The number of hydrogen-bond acceptors (Lipinski definition) is 7.